The Kier molecular flexibility index (Phi) is 5.09. The molecule has 1 aliphatic heterocycles. The zero-order valence-corrected chi connectivity index (χ0v) is 15.9. The smallest absolute Gasteiger partial charge is 0.178 e. The first kappa shape index (κ1) is 18.0. The average Bonchev–Trinajstić information content (AvgIpc) is 3.37. The van der Waals surface area contributed by atoms with Gasteiger partial charge in [0.25, 0.3) is 0 Å². The van der Waals surface area contributed by atoms with Crippen LogP contribution in [0.15, 0.2) is 30.9 Å². The summed E-state index contributed by atoms with van der Waals surface area (Å²) in [6.45, 7) is 7.52. The molecule has 1 heterocycles. The van der Waals surface area contributed by atoms with Crippen molar-refractivity contribution >= 4 is 0 Å². The summed E-state index contributed by atoms with van der Waals surface area (Å²) in [4.78, 5) is 0. The van der Waals surface area contributed by atoms with Crippen LogP contribution in [0.3, 0.4) is 0 Å². The molecule has 0 bridgehead atoms. The Hall–Kier alpha value is -1.36. The van der Waals surface area contributed by atoms with Crippen molar-refractivity contribution < 1.29 is 14.2 Å². The first-order chi connectivity index (χ1) is 12.7. The lowest BCUT2D eigenvalue weighted by Gasteiger charge is -2.51. The average molecular weight is 357 g/mol. The van der Waals surface area contributed by atoms with Crippen LogP contribution >= 0.6 is 0 Å². The van der Waals surface area contributed by atoms with Crippen molar-refractivity contribution in [3.63, 3.8) is 0 Å². The molecule has 142 valence electrons. The van der Waals surface area contributed by atoms with Crippen molar-refractivity contribution in [3.8, 4) is 5.75 Å². The van der Waals surface area contributed by atoms with Crippen LogP contribution in [0.4, 0.5) is 0 Å². The van der Waals surface area contributed by atoms with Crippen LogP contribution in [0.1, 0.15) is 43.2 Å². The summed E-state index contributed by atoms with van der Waals surface area (Å²) >= 11 is 0. The van der Waals surface area contributed by atoms with Crippen molar-refractivity contribution in [3.05, 3.63) is 42.0 Å². The lowest BCUT2D eigenvalue weighted by molar-refractivity contribution is -0.219. The number of methoxy groups -OCH3 is 1. The Balaban J connectivity index is 1.70. The maximum absolute atomic E-state index is 6.33. The molecule has 2 fully saturated rings. The monoisotopic (exact) mass is 357 g/mol. The Bertz CT molecular complexity index is 649. The van der Waals surface area contributed by atoms with Gasteiger partial charge in [-0.2, -0.15) is 0 Å². The van der Waals surface area contributed by atoms with Crippen LogP contribution in [0.25, 0.3) is 0 Å². The molecule has 1 aromatic carbocycles. The molecule has 26 heavy (non-hydrogen) atoms. The summed E-state index contributed by atoms with van der Waals surface area (Å²) in [5.41, 5.74) is 2.49. The highest BCUT2D eigenvalue weighted by atomic mass is 16.7. The highest BCUT2D eigenvalue weighted by Crippen LogP contribution is 2.53. The molecule has 0 amide bonds. The summed E-state index contributed by atoms with van der Waals surface area (Å²) in [6, 6.07) is 6.48. The molecule has 1 spiro atoms. The van der Waals surface area contributed by atoms with Crippen LogP contribution in [-0.2, 0) is 21.3 Å². The first-order valence-electron chi connectivity index (χ1n) is 10.00. The van der Waals surface area contributed by atoms with E-state index in [1.807, 2.05) is 6.08 Å². The van der Waals surface area contributed by atoms with Gasteiger partial charge in [0.1, 0.15) is 5.75 Å². The lowest BCUT2D eigenvalue weighted by atomic mass is 9.62. The minimum atomic E-state index is -0.540. The van der Waals surface area contributed by atoms with Crippen LogP contribution < -0.4 is 10.1 Å². The van der Waals surface area contributed by atoms with Crippen molar-refractivity contribution in [2.75, 3.05) is 33.4 Å². The van der Waals surface area contributed by atoms with Crippen molar-refractivity contribution in [1.29, 1.82) is 0 Å². The molecule has 4 rings (SSSR count). The lowest BCUT2D eigenvalue weighted by Crippen LogP contribution is -2.56. The maximum Gasteiger partial charge on any atom is 0.178 e. The van der Waals surface area contributed by atoms with Crippen LogP contribution in [0.2, 0.25) is 0 Å². The molecule has 3 aliphatic rings. The highest BCUT2D eigenvalue weighted by molar-refractivity contribution is 5.45. The summed E-state index contributed by atoms with van der Waals surface area (Å²) in [7, 11) is 1.73. The minimum absolute atomic E-state index is 0.218. The second-order valence-corrected chi connectivity index (χ2v) is 7.95. The predicted molar refractivity (Wildman–Crippen MR) is 103 cm³/mol. The van der Waals surface area contributed by atoms with E-state index >= 15 is 0 Å². The molecule has 0 radical (unpaired) electrons. The molecule has 4 nitrogen and oxygen atoms in total. The largest absolute Gasteiger partial charge is 0.497 e. The fraction of sp³-hybridized carbons (Fsp3) is 0.636. The summed E-state index contributed by atoms with van der Waals surface area (Å²) in [5.74, 6) is 1.25. The molecule has 1 saturated carbocycles. The number of hydrogen-bond donors (Lipinski definition) is 1. The normalized spacial score (nSPS) is 26.7. The number of benzene rings is 1. The standard InChI is InChI=1S/C22H31NO3/c1-3-9-21(11-12-23-16-17-4-5-17)20-15-19(24-2)7-6-18(20)8-10-22(21)25-13-14-26-22/h3,6-7,15,17,23H,1,4-5,8-14,16H2,2H3. The molecule has 2 aliphatic carbocycles. The number of fused-ring (bicyclic) bond motifs is 1. The molecule has 1 aromatic rings. The molecule has 1 N–H and O–H groups in total. The van der Waals surface area contributed by atoms with E-state index in [9.17, 15) is 0 Å². The molecule has 1 saturated heterocycles. The molecule has 1 atom stereocenters. The second-order valence-electron chi connectivity index (χ2n) is 7.95. The van der Waals surface area contributed by atoms with Gasteiger partial charge in [-0.3, -0.25) is 0 Å². The number of nitrogens with one attached hydrogen (secondary N) is 1. The Morgan fingerprint density at radius 2 is 2.12 bits per heavy atom. The predicted octanol–water partition coefficient (Wildman–Crippen LogP) is 3.59. The Labute approximate surface area is 156 Å². The molecule has 0 aromatic heterocycles. The third-order valence-electron chi connectivity index (χ3n) is 6.39. The Morgan fingerprint density at radius 1 is 1.31 bits per heavy atom. The van der Waals surface area contributed by atoms with E-state index in [0.717, 1.165) is 50.4 Å². The molecular weight excluding hydrogens is 326 g/mol. The first-order valence-corrected chi connectivity index (χ1v) is 10.00. The van der Waals surface area contributed by atoms with Gasteiger partial charge in [0.15, 0.2) is 5.79 Å². The summed E-state index contributed by atoms with van der Waals surface area (Å²) < 4.78 is 18.2. The molecule has 1 unspecified atom stereocenters. The zero-order valence-electron chi connectivity index (χ0n) is 15.9. The van der Waals surface area contributed by atoms with E-state index < -0.39 is 5.79 Å². The molecule has 4 heteroatoms. The van der Waals surface area contributed by atoms with Gasteiger partial charge < -0.3 is 19.5 Å². The minimum Gasteiger partial charge on any atom is -0.497 e. The van der Waals surface area contributed by atoms with Gasteiger partial charge >= 0.3 is 0 Å². The van der Waals surface area contributed by atoms with Crippen LogP contribution in [0.5, 0.6) is 5.75 Å². The van der Waals surface area contributed by atoms with Crippen molar-refractivity contribution in [2.45, 2.75) is 49.7 Å². The van der Waals surface area contributed by atoms with Crippen LogP contribution in [0, 0.1) is 5.92 Å². The van der Waals surface area contributed by atoms with E-state index in [0.29, 0.717) is 13.2 Å². The summed E-state index contributed by atoms with van der Waals surface area (Å²) in [5, 5.41) is 3.67. The molecular formula is C22H31NO3. The van der Waals surface area contributed by atoms with E-state index in [-0.39, 0.29) is 5.41 Å². The number of rotatable bonds is 8. The fourth-order valence-electron chi connectivity index (χ4n) is 4.83. The highest BCUT2D eigenvalue weighted by Gasteiger charge is 2.58. The van der Waals surface area contributed by atoms with Gasteiger partial charge in [0.05, 0.1) is 25.7 Å². The number of aryl methyl sites for hydroxylation is 1. The Morgan fingerprint density at radius 3 is 2.81 bits per heavy atom. The van der Waals surface area contributed by atoms with E-state index in [1.54, 1.807) is 7.11 Å². The maximum atomic E-state index is 6.33. The topological polar surface area (TPSA) is 39.7 Å². The third kappa shape index (κ3) is 3.08. The van der Waals surface area contributed by atoms with E-state index in [4.69, 9.17) is 14.2 Å². The summed E-state index contributed by atoms with van der Waals surface area (Å²) in [6.07, 6.45) is 8.49. The third-order valence-corrected chi connectivity index (χ3v) is 6.39. The number of ether oxygens (including phenoxy) is 3. The van der Waals surface area contributed by atoms with Gasteiger partial charge in [-0.05, 0) is 74.4 Å². The quantitative estimate of drug-likeness (QED) is 0.570. The fourth-order valence-corrected chi connectivity index (χ4v) is 4.83. The van der Waals surface area contributed by atoms with Gasteiger partial charge in [-0.15, -0.1) is 6.58 Å². The van der Waals surface area contributed by atoms with E-state index in [1.165, 1.54) is 24.0 Å². The SMILES string of the molecule is C=CCC1(CCNCC2CC2)c2cc(OC)ccc2CCC12OCCO2. The van der Waals surface area contributed by atoms with Gasteiger partial charge in [-0.1, -0.05) is 12.1 Å². The van der Waals surface area contributed by atoms with Crippen molar-refractivity contribution in [2.24, 2.45) is 5.92 Å². The zero-order chi connectivity index (χ0) is 18.0. The second kappa shape index (κ2) is 7.34. The van der Waals surface area contributed by atoms with Crippen LogP contribution in [-0.4, -0.2) is 39.2 Å². The van der Waals surface area contributed by atoms with Gasteiger partial charge in [0.2, 0.25) is 0 Å². The number of allylic oxidation sites excluding steroid dienone is 1. The van der Waals surface area contributed by atoms with Gasteiger partial charge in [0, 0.05) is 6.42 Å². The van der Waals surface area contributed by atoms with E-state index in [2.05, 4.69) is 30.1 Å². The van der Waals surface area contributed by atoms with Gasteiger partial charge in [-0.25, -0.2) is 0 Å². The number of hydrogen-bond acceptors (Lipinski definition) is 4. The van der Waals surface area contributed by atoms with Crippen molar-refractivity contribution in [1.82, 2.24) is 5.32 Å².